The summed E-state index contributed by atoms with van der Waals surface area (Å²) in [4.78, 5) is 37.5. The second-order valence-corrected chi connectivity index (χ2v) is 9.12. The lowest BCUT2D eigenvalue weighted by Crippen LogP contribution is -2.20. The highest BCUT2D eigenvalue weighted by atomic mass is 32.2. The van der Waals surface area contributed by atoms with E-state index in [0.717, 1.165) is 30.5 Å². The zero-order chi connectivity index (χ0) is 22.6. The van der Waals surface area contributed by atoms with Crippen LogP contribution in [0.25, 0.3) is 0 Å². The number of aromatic nitrogens is 1. The Bertz CT molecular complexity index is 1240. The van der Waals surface area contributed by atoms with E-state index >= 15 is 0 Å². The highest BCUT2D eigenvalue weighted by Crippen LogP contribution is 2.29. The molecule has 3 aromatic rings. The van der Waals surface area contributed by atoms with Crippen molar-refractivity contribution in [2.24, 2.45) is 0 Å². The van der Waals surface area contributed by atoms with Gasteiger partial charge >= 0.3 is 5.97 Å². The number of nitro groups is 1. The zero-order valence-electron chi connectivity index (χ0n) is 15.4. The number of anilines is 1. The second-order valence-electron chi connectivity index (χ2n) is 5.91. The summed E-state index contributed by atoms with van der Waals surface area (Å²) >= 11 is 0.673. The molecule has 0 atom stereocenters. The quantitative estimate of drug-likeness (QED) is 0.304. The first-order valence-electron chi connectivity index (χ1n) is 8.38. The van der Waals surface area contributed by atoms with Crippen LogP contribution < -0.4 is 5.32 Å². The number of nitro benzene ring substituents is 1. The number of nitrogens with zero attached hydrogens (tertiary/aromatic N) is 2. The largest absolute Gasteiger partial charge is 0.508 e. The van der Waals surface area contributed by atoms with Crippen LogP contribution in [0.1, 0.15) is 10.4 Å². The van der Waals surface area contributed by atoms with Crippen LogP contribution >= 0.6 is 11.3 Å². The van der Waals surface area contributed by atoms with E-state index < -0.39 is 33.2 Å². The van der Waals surface area contributed by atoms with E-state index in [1.807, 2.05) is 0 Å². The lowest BCUT2D eigenvalue weighted by atomic mass is 10.2. The van der Waals surface area contributed by atoms with Crippen molar-refractivity contribution in [2.45, 2.75) is 9.10 Å². The zero-order valence-corrected chi connectivity index (χ0v) is 17.1. The topological polar surface area (TPSA) is 166 Å². The number of ether oxygens (including phenoxy) is 1. The predicted octanol–water partition coefficient (Wildman–Crippen LogP) is 2.39. The van der Waals surface area contributed by atoms with Crippen molar-refractivity contribution < 1.29 is 32.8 Å². The first-order chi connectivity index (χ1) is 14.7. The molecular weight excluding hydrogens is 450 g/mol. The van der Waals surface area contributed by atoms with Crippen molar-refractivity contribution in [1.29, 1.82) is 0 Å². The van der Waals surface area contributed by atoms with E-state index in [-0.39, 0.29) is 31.2 Å². The van der Waals surface area contributed by atoms with Crippen LogP contribution in [0.4, 0.5) is 10.8 Å². The fourth-order valence-corrected chi connectivity index (χ4v) is 4.72. The number of benzene rings is 2. The molecule has 0 aliphatic rings. The number of nitrogens with one attached hydrogen (secondary N) is 1. The number of aromatic hydroxyl groups is 1. The minimum absolute atomic E-state index is 0.0301. The molecule has 11 nitrogen and oxygen atoms in total. The fraction of sp³-hybridized carbons (Fsp3) is 0.0556. The first-order valence-corrected chi connectivity index (χ1v) is 10.7. The Labute approximate surface area is 179 Å². The van der Waals surface area contributed by atoms with E-state index in [1.54, 1.807) is 0 Å². The molecule has 0 aliphatic heterocycles. The van der Waals surface area contributed by atoms with Gasteiger partial charge in [-0.1, -0.05) is 11.3 Å². The summed E-state index contributed by atoms with van der Waals surface area (Å²) in [6.07, 6.45) is 1.04. The first kappa shape index (κ1) is 21.9. The van der Waals surface area contributed by atoms with E-state index in [0.29, 0.717) is 11.3 Å². The Morgan fingerprint density at radius 3 is 2.39 bits per heavy atom. The molecular formula is C18H13N3O8S2. The Hall–Kier alpha value is -3.84. The third-order valence-electron chi connectivity index (χ3n) is 3.79. The van der Waals surface area contributed by atoms with Gasteiger partial charge in [-0.05, 0) is 36.4 Å². The molecule has 0 spiro atoms. The number of carbonyl (C=O) groups is 2. The van der Waals surface area contributed by atoms with Crippen LogP contribution in [0.15, 0.2) is 63.8 Å². The molecule has 1 heterocycles. The number of hydrogen-bond acceptors (Lipinski definition) is 10. The van der Waals surface area contributed by atoms with Crippen LogP contribution in [0.2, 0.25) is 0 Å². The number of hydrogen-bond donors (Lipinski definition) is 2. The standard InChI is InChI=1S/C18H13N3O8S2/c22-13-5-1-11(2-6-13)17(24)29-10-15(23)20-18-19-9-16(30-18)31(27,28)14-7-3-12(4-8-14)21(25)26/h1-9,22H,10H2,(H,19,20,23). The lowest BCUT2D eigenvalue weighted by Gasteiger charge is -2.05. The highest BCUT2D eigenvalue weighted by Gasteiger charge is 2.22. The molecule has 2 aromatic carbocycles. The van der Waals surface area contributed by atoms with Crippen molar-refractivity contribution in [3.05, 3.63) is 70.4 Å². The minimum Gasteiger partial charge on any atom is -0.508 e. The van der Waals surface area contributed by atoms with Gasteiger partial charge in [-0.25, -0.2) is 18.2 Å². The van der Waals surface area contributed by atoms with Gasteiger partial charge in [0.15, 0.2) is 11.7 Å². The molecule has 0 fully saturated rings. The average molecular weight is 463 g/mol. The Morgan fingerprint density at radius 2 is 1.77 bits per heavy atom. The summed E-state index contributed by atoms with van der Waals surface area (Å²) in [6.45, 7) is -0.635. The summed E-state index contributed by atoms with van der Waals surface area (Å²) in [6, 6.07) is 9.58. The molecule has 1 amide bonds. The summed E-state index contributed by atoms with van der Waals surface area (Å²) in [5, 5.41) is 22.2. The molecule has 1 aromatic heterocycles. The van der Waals surface area contributed by atoms with Crippen molar-refractivity contribution in [3.63, 3.8) is 0 Å². The summed E-state index contributed by atoms with van der Waals surface area (Å²) in [5.41, 5.74) is -0.116. The number of rotatable bonds is 7. The molecule has 160 valence electrons. The minimum atomic E-state index is -3.99. The van der Waals surface area contributed by atoms with E-state index in [1.165, 1.54) is 24.3 Å². The number of carbonyl (C=O) groups excluding carboxylic acids is 2. The van der Waals surface area contributed by atoms with E-state index in [4.69, 9.17) is 4.74 Å². The van der Waals surface area contributed by atoms with E-state index in [9.17, 15) is 33.2 Å². The summed E-state index contributed by atoms with van der Waals surface area (Å²) in [5.74, 6) is -1.55. The lowest BCUT2D eigenvalue weighted by molar-refractivity contribution is -0.384. The number of sulfone groups is 1. The number of amides is 1. The van der Waals surface area contributed by atoms with Crippen molar-refractivity contribution in [1.82, 2.24) is 4.98 Å². The van der Waals surface area contributed by atoms with Gasteiger partial charge in [-0.2, -0.15) is 0 Å². The monoisotopic (exact) mass is 463 g/mol. The Morgan fingerprint density at radius 1 is 1.13 bits per heavy atom. The molecule has 0 unspecified atom stereocenters. The van der Waals surface area contributed by atoms with Gasteiger partial charge in [-0.15, -0.1) is 0 Å². The maximum atomic E-state index is 12.6. The number of thiazole rings is 1. The molecule has 0 bridgehead atoms. The third-order valence-corrected chi connectivity index (χ3v) is 6.93. The highest BCUT2D eigenvalue weighted by molar-refractivity contribution is 7.93. The number of phenols is 1. The van der Waals surface area contributed by atoms with Crippen LogP contribution in [0.5, 0.6) is 5.75 Å². The molecule has 2 N–H and O–H groups in total. The van der Waals surface area contributed by atoms with Gasteiger partial charge in [0.2, 0.25) is 9.84 Å². The van der Waals surface area contributed by atoms with Crippen molar-refractivity contribution in [3.8, 4) is 5.75 Å². The third kappa shape index (κ3) is 5.21. The van der Waals surface area contributed by atoms with Crippen LogP contribution in [0, 0.1) is 10.1 Å². The Balaban J connectivity index is 1.62. The number of non-ortho nitro benzene ring substituents is 1. The SMILES string of the molecule is O=C(COC(=O)c1ccc(O)cc1)Nc1ncc(S(=O)(=O)c2ccc([N+](=O)[O-])cc2)s1. The van der Waals surface area contributed by atoms with Crippen LogP contribution in [-0.2, 0) is 19.4 Å². The van der Waals surface area contributed by atoms with Gasteiger partial charge in [0, 0.05) is 12.1 Å². The van der Waals surface area contributed by atoms with Crippen LogP contribution in [-0.4, -0.2) is 41.9 Å². The molecule has 0 saturated heterocycles. The van der Waals surface area contributed by atoms with Crippen LogP contribution in [0.3, 0.4) is 0 Å². The average Bonchev–Trinajstić information content (AvgIpc) is 3.22. The summed E-state index contributed by atoms with van der Waals surface area (Å²) in [7, 11) is -3.99. The van der Waals surface area contributed by atoms with Crippen molar-refractivity contribution in [2.75, 3.05) is 11.9 Å². The van der Waals surface area contributed by atoms with Gasteiger partial charge in [0.05, 0.1) is 21.6 Å². The molecule has 3 rings (SSSR count). The van der Waals surface area contributed by atoms with Gasteiger partial charge in [0.25, 0.3) is 11.6 Å². The summed E-state index contributed by atoms with van der Waals surface area (Å²) < 4.78 is 29.9. The predicted molar refractivity (Wildman–Crippen MR) is 108 cm³/mol. The molecule has 0 saturated carbocycles. The second kappa shape index (κ2) is 8.89. The van der Waals surface area contributed by atoms with Gasteiger partial charge in [-0.3, -0.25) is 20.2 Å². The molecule has 0 aliphatic carbocycles. The van der Waals surface area contributed by atoms with E-state index in [2.05, 4.69) is 10.3 Å². The normalized spacial score (nSPS) is 11.0. The van der Waals surface area contributed by atoms with Crippen molar-refractivity contribution >= 4 is 43.9 Å². The fourth-order valence-electron chi connectivity index (χ4n) is 2.27. The van der Waals surface area contributed by atoms with Gasteiger partial charge < -0.3 is 9.84 Å². The van der Waals surface area contributed by atoms with Gasteiger partial charge in [0.1, 0.15) is 9.96 Å². The molecule has 0 radical (unpaired) electrons. The maximum absolute atomic E-state index is 12.6. The number of phenolic OH excluding ortho intramolecular Hbond substituents is 1. The number of esters is 1. The smallest absolute Gasteiger partial charge is 0.338 e. The maximum Gasteiger partial charge on any atom is 0.338 e. The molecule has 31 heavy (non-hydrogen) atoms. The molecule has 13 heteroatoms. The Kier molecular flexibility index (Phi) is 6.27.